The van der Waals surface area contributed by atoms with Crippen LogP contribution in [0.5, 0.6) is 11.5 Å². The zero-order valence-electron chi connectivity index (χ0n) is 20.9. The number of nitrogens with zero attached hydrogens (tertiary/aromatic N) is 2. The van der Waals surface area contributed by atoms with Gasteiger partial charge in [-0.2, -0.15) is 0 Å². The second-order valence-electron chi connectivity index (χ2n) is 9.00. The molecular weight excluding hydrogens is 500 g/mol. The summed E-state index contributed by atoms with van der Waals surface area (Å²) in [6, 6.07) is 22.4. The third-order valence-electron chi connectivity index (χ3n) is 7.01. The van der Waals surface area contributed by atoms with Gasteiger partial charge in [-0.25, -0.2) is 4.99 Å². The van der Waals surface area contributed by atoms with Crippen molar-refractivity contribution >= 4 is 34.9 Å². The van der Waals surface area contributed by atoms with E-state index < -0.39 is 0 Å². The van der Waals surface area contributed by atoms with Crippen LogP contribution in [0.3, 0.4) is 0 Å². The van der Waals surface area contributed by atoms with Crippen LogP contribution < -0.4 is 24.4 Å². The molecule has 0 spiro atoms. The molecule has 3 aromatic carbocycles. The minimum atomic E-state index is -0.263. The summed E-state index contributed by atoms with van der Waals surface area (Å²) in [4.78, 5) is 20.9. The highest BCUT2D eigenvalue weighted by molar-refractivity contribution is 7.98. The van der Waals surface area contributed by atoms with Gasteiger partial charge in [-0.15, -0.1) is 11.8 Å². The predicted molar refractivity (Wildman–Crippen MR) is 151 cm³/mol. The lowest BCUT2D eigenvalue weighted by atomic mass is 9.83. The molecule has 6 rings (SSSR count). The molecule has 7 heteroatoms. The molecule has 0 saturated carbocycles. The van der Waals surface area contributed by atoms with Crippen LogP contribution in [0.1, 0.15) is 34.7 Å². The van der Waals surface area contributed by atoms with Crippen molar-refractivity contribution < 1.29 is 9.47 Å². The zero-order chi connectivity index (χ0) is 25.5. The SMILES string of the molecule is COc1ccc([C@@H]2C3=C(N=c4s/c(=C\c5ccc(SC)cc5)c(=O)n42)c2ccccc2CC3)cc1OC. The van der Waals surface area contributed by atoms with Crippen molar-refractivity contribution in [1.29, 1.82) is 0 Å². The highest BCUT2D eigenvalue weighted by Gasteiger charge is 2.33. The molecule has 0 amide bonds. The van der Waals surface area contributed by atoms with Crippen LogP contribution in [-0.4, -0.2) is 25.0 Å². The number of benzene rings is 3. The molecule has 0 radical (unpaired) electrons. The van der Waals surface area contributed by atoms with Crippen LogP contribution in [0.25, 0.3) is 11.8 Å². The quantitative estimate of drug-likeness (QED) is 0.341. The summed E-state index contributed by atoms with van der Waals surface area (Å²) in [6.07, 6.45) is 5.78. The van der Waals surface area contributed by atoms with E-state index in [4.69, 9.17) is 14.5 Å². The number of allylic oxidation sites excluding steroid dienone is 1. The Hall–Kier alpha value is -3.55. The maximum absolute atomic E-state index is 13.9. The molecule has 0 fully saturated rings. The van der Waals surface area contributed by atoms with Gasteiger partial charge in [0.25, 0.3) is 5.56 Å². The van der Waals surface area contributed by atoms with Gasteiger partial charge in [0.1, 0.15) is 0 Å². The van der Waals surface area contributed by atoms with Crippen LogP contribution >= 0.6 is 23.1 Å². The molecule has 1 atom stereocenters. The number of hydrogen-bond donors (Lipinski definition) is 0. The fourth-order valence-electron chi connectivity index (χ4n) is 5.20. The number of hydrogen-bond acceptors (Lipinski definition) is 6. The molecule has 2 aliphatic rings. The maximum Gasteiger partial charge on any atom is 0.271 e. The van der Waals surface area contributed by atoms with Crippen LogP contribution in [-0.2, 0) is 6.42 Å². The first-order valence-corrected chi connectivity index (χ1v) is 14.1. The normalized spacial score (nSPS) is 16.5. The smallest absolute Gasteiger partial charge is 0.271 e. The fourth-order valence-corrected chi connectivity index (χ4v) is 6.61. The van der Waals surface area contributed by atoms with Crippen LogP contribution in [0.4, 0.5) is 0 Å². The van der Waals surface area contributed by atoms with E-state index in [1.54, 1.807) is 26.0 Å². The first-order valence-electron chi connectivity index (χ1n) is 12.1. The van der Waals surface area contributed by atoms with Crippen LogP contribution in [0, 0.1) is 0 Å². The molecular formula is C30H26N2O3S2. The standard InChI is InChI=1S/C30H26N2O3S2/c1-34-24-15-11-20(17-25(24)35-2)28-23-14-10-19-6-4-5-7-22(19)27(23)31-30-32(28)29(33)26(37-30)16-18-8-12-21(36-3)13-9-18/h4-9,11-13,15-17,28H,10,14H2,1-3H3/b26-16-/t28-/m1/s1. The second kappa shape index (κ2) is 9.72. The molecule has 2 heterocycles. The topological polar surface area (TPSA) is 52.8 Å². The maximum atomic E-state index is 13.9. The first-order chi connectivity index (χ1) is 18.1. The third-order valence-corrected chi connectivity index (χ3v) is 8.74. The minimum absolute atomic E-state index is 0.0251. The molecule has 5 nitrogen and oxygen atoms in total. The lowest BCUT2D eigenvalue weighted by Gasteiger charge is -2.31. The average Bonchev–Trinajstić information content (AvgIpc) is 3.26. The van der Waals surface area contributed by atoms with Gasteiger partial charge in [-0.1, -0.05) is 53.8 Å². The summed E-state index contributed by atoms with van der Waals surface area (Å²) in [5, 5.41) is 0. The Morgan fingerprint density at radius 3 is 2.54 bits per heavy atom. The summed E-state index contributed by atoms with van der Waals surface area (Å²) >= 11 is 3.15. The van der Waals surface area contributed by atoms with E-state index in [2.05, 4.69) is 54.8 Å². The summed E-state index contributed by atoms with van der Waals surface area (Å²) in [5.74, 6) is 1.31. The van der Waals surface area contributed by atoms with Crippen molar-refractivity contribution in [3.63, 3.8) is 0 Å². The molecule has 1 aromatic heterocycles. The van der Waals surface area contributed by atoms with Gasteiger partial charge in [0, 0.05) is 10.5 Å². The summed E-state index contributed by atoms with van der Waals surface area (Å²) in [5.41, 5.74) is 6.55. The van der Waals surface area contributed by atoms with E-state index in [1.807, 2.05) is 28.8 Å². The third kappa shape index (κ3) is 4.12. The molecule has 4 aromatic rings. The second-order valence-corrected chi connectivity index (χ2v) is 10.9. The van der Waals surface area contributed by atoms with E-state index in [-0.39, 0.29) is 11.6 Å². The van der Waals surface area contributed by atoms with Gasteiger partial charge in [-0.05, 0) is 71.7 Å². The number of methoxy groups -OCH3 is 2. The Morgan fingerprint density at radius 2 is 1.78 bits per heavy atom. The van der Waals surface area contributed by atoms with E-state index in [0.717, 1.165) is 40.8 Å². The molecule has 1 aliphatic carbocycles. The number of aromatic nitrogens is 1. The Kier molecular flexibility index (Phi) is 6.26. The summed E-state index contributed by atoms with van der Waals surface area (Å²) in [6.45, 7) is 0. The molecule has 1 aliphatic heterocycles. The van der Waals surface area contributed by atoms with Gasteiger partial charge >= 0.3 is 0 Å². The van der Waals surface area contributed by atoms with E-state index in [1.165, 1.54) is 21.8 Å². The molecule has 0 saturated heterocycles. The summed E-state index contributed by atoms with van der Waals surface area (Å²) in [7, 11) is 3.27. The average molecular weight is 527 g/mol. The predicted octanol–water partition coefficient (Wildman–Crippen LogP) is 5.06. The molecule has 186 valence electrons. The Balaban J connectivity index is 1.59. The van der Waals surface area contributed by atoms with Gasteiger partial charge in [0.2, 0.25) is 0 Å². The van der Waals surface area contributed by atoms with Crippen LogP contribution in [0.15, 0.2) is 87.0 Å². The van der Waals surface area contributed by atoms with E-state index in [0.29, 0.717) is 20.8 Å². The Labute approximate surface area is 223 Å². The van der Waals surface area contributed by atoms with Gasteiger partial charge in [0.15, 0.2) is 16.3 Å². The highest BCUT2D eigenvalue weighted by Crippen LogP contribution is 2.42. The molecule has 0 bridgehead atoms. The Bertz CT molecular complexity index is 1710. The fraction of sp³-hybridized carbons (Fsp3) is 0.200. The monoisotopic (exact) mass is 526 g/mol. The number of rotatable bonds is 5. The lowest BCUT2D eigenvalue weighted by molar-refractivity contribution is 0.354. The van der Waals surface area contributed by atoms with Gasteiger partial charge in [0.05, 0.1) is 30.5 Å². The lowest BCUT2D eigenvalue weighted by Crippen LogP contribution is -2.38. The van der Waals surface area contributed by atoms with Crippen LogP contribution in [0.2, 0.25) is 0 Å². The Morgan fingerprint density at radius 1 is 1.00 bits per heavy atom. The van der Waals surface area contributed by atoms with Crippen molar-refractivity contribution in [3.8, 4) is 11.5 Å². The molecule has 37 heavy (non-hydrogen) atoms. The first kappa shape index (κ1) is 23.8. The summed E-state index contributed by atoms with van der Waals surface area (Å²) < 4.78 is 13.6. The number of thiazole rings is 1. The number of aryl methyl sites for hydroxylation is 1. The number of fused-ring (bicyclic) bond motifs is 3. The minimum Gasteiger partial charge on any atom is -0.493 e. The van der Waals surface area contributed by atoms with Crippen molar-refractivity contribution in [1.82, 2.24) is 4.57 Å². The zero-order valence-corrected chi connectivity index (χ0v) is 22.5. The van der Waals surface area contributed by atoms with Gasteiger partial charge < -0.3 is 9.47 Å². The number of ether oxygens (including phenoxy) is 2. The molecule has 0 unspecified atom stereocenters. The van der Waals surface area contributed by atoms with Crippen molar-refractivity contribution in [3.05, 3.63) is 114 Å². The van der Waals surface area contributed by atoms with Crippen molar-refractivity contribution in [2.24, 2.45) is 4.99 Å². The van der Waals surface area contributed by atoms with E-state index in [9.17, 15) is 4.79 Å². The van der Waals surface area contributed by atoms with Crippen molar-refractivity contribution in [2.45, 2.75) is 23.8 Å². The van der Waals surface area contributed by atoms with Gasteiger partial charge in [-0.3, -0.25) is 9.36 Å². The molecule has 0 N–H and O–H groups in total. The highest BCUT2D eigenvalue weighted by atomic mass is 32.2. The number of thioether (sulfide) groups is 1. The van der Waals surface area contributed by atoms with E-state index >= 15 is 0 Å². The van der Waals surface area contributed by atoms with Crippen molar-refractivity contribution in [2.75, 3.05) is 20.5 Å². The largest absolute Gasteiger partial charge is 0.493 e.